The van der Waals surface area contributed by atoms with Crippen LogP contribution >= 0.6 is 11.6 Å². The summed E-state index contributed by atoms with van der Waals surface area (Å²) >= 11 is 6.09. The van der Waals surface area contributed by atoms with Crippen molar-refractivity contribution in [3.63, 3.8) is 0 Å². The number of carbonyl (C=O) groups excluding carboxylic acids is 1. The van der Waals surface area contributed by atoms with Gasteiger partial charge in [-0.15, -0.1) is 0 Å². The second kappa shape index (κ2) is 6.37. The summed E-state index contributed by atoms with van der Waals surface area (Å²) in [5.74, 6) is -1.11. The highest BCUT2D eigenvalue weighted by Gasteiger charge is 2.32. The van der Waals surface area contributed by atoms with E-state index < -0.39 is 27.6 Å². The average molecular weight is 366 g/mol. The highest BCUT2D eigenvalue weighted by atomic mass is 35.5. The Labute approximate surface area is 144 Å². The highest BCUT2D eigenvalue weighted by molar-refractivity contribution is 7.94. The molecule has 7 heteroatoms. The summed E-state index contributed by atoms with van der Waals surface area (Å²) < 4.78 is 36.7. The quantitative estimate of drug-likeness (QED) is 0.837. The van der Waals surface area contributed by atoms with Crippen molar-refractivity contribution < 1.29 is 17.6 Å². The van der Waals surface area contributed by atoms with E-state index in [2.05, 4.69) is 0 Å². The number of rotatable bonds is 3. The summed E-state index contributed by atoms with van der Waals surface area (Å²) in [7, 11) is -3.36. The minimum Gasteiger partial charge on any atom is -0.300 e. The van der Waals surface area contributed by atoms with Crippen LogP contribution in [0.1, 0.15) is 10.4 Å². The first kappa shape index (κ1) is 16.7. The van der Waals surface area contributed by atoms with Crippen LogP contribution in [0.4, 0.5) is 10.1 Å². The Kier molecular flexibility index (Phi) is 4.43. The summed E-state index contributed by atoms with van der Waals surface area (Å²) in [6.45, 7) is 0. The first-order valence-corrected chi connectivity index (χ1v) is 9.21. The molecule has 0 saturated carbocycles. The van der Waals surface area contributed by atoms with E-state index in [9.17, 15) is 17.6 Å². The molecule has 0 aliphatic carbocycles. The molecule has 1 aliphatic rings. The van der Waals surface area contributed by atoms with Gasteiger partial charge in [0.1, 0.15) is 5.82 Å². The van der Waals surface area contributed by atoms with Crippen molar-refractivity contribution in [3.05, 3.63) is 76.4 Å². The predicted molar refractivity (Wildman–Crippen MR) is 91.4 cm³/mol. The zero-order chi connectivity index (χ0) is 17.3. The number of amides is 1. The SMILES string of the molecule is O=C(c1ccccc1Cl)N(c1ccc(F)cc1)[C@H]1C=CS(=O)(=O)C1. The molecular formula is C17H13ClFNO3S. The van der Waals surface area contributed by atoms with Gasteiger partial charge in [-0.2, -0.15) is 0 Å². The minimum absolute atomic E-state index is 0.222. The standard InChI is InChI=1S/C17H13ClFNO3S/c18-16-4-2-1-3-15(16)17(21)20(13-7-5-12(19)6-8-13)14-9-10-24(22,23)11-14/h1-10,14H,11H2/t14-/m0/s1. The molecule has 24 heavy (non-hydrogen) atoms. The fraction of sp³-hybridized carbons (Fsp3) is 0.118. The monoisotopic (exact) mass is 365 g/mol. The van der Waals surface area contributed by atoms with Crippen LogP contribution in [0.25, 0.3) is 0 Å². The number of carbonyl (C=O) groups is 1. The van der Waals surface area contributed by atoms with Gasteiger partial charge in [-0.3, -0.25) is 4.79 Å². The molecule has 124 valence electrons. The lowest BCUT2D eigenvalue weighted by molar-refractivity contribution is 0.0983. The molecular weight excluding hydrogens is 353 g/mol. The Balaban J connectivity index is 2.05. The molecule has 0 saturated heterocycles. The van der Waals surface area contributed by atoms with Crippen molar-refractivity contribution in [1.29, 1.82) is 0 Å². The second-order valence-corrected chi connectivity index (χ2v) is 7.70. The maximum absolute atomic E-state index is 13.2. The zero-order valence-electron chi connectivity index (χ0n) is 12.4. The smallest absolute Gasteiger partial charge is 0.260 e. The number of hydrogen-bond acceptors (Lipinski definition) is 3. The van der Waals surface area contributed by atoms with Gasteiger partial charge < -0.3 is 4.90 Å². The van der Waals surface area contributed by atoms with Gasteiger partial charge in [0.2, 0.25) is 0 Å². The van der Waals surface area contributed by atoms with E-state index >= 15 is 0 Å². The van der Waals surface area contributed by atoms with E-state index in [1.807, 2.05) is 0 Å². The molecule has 2 aromatic rings. The van der Waals surface area contributed by atoms with Crippen molar-refractivity contribution >= 4 is 33.0 Å². The van der Waals surface area contributed by atoms with E-state index in [1.165, 1.54) is 35.2 Å². The number of halogens is 2. The Bertz CT molecular complexity index is 910. The molecule has 4 nitrogen and oxygen atoms in total. The molecule has 0 aromatic heterocycles. The molecule has 0 spiro atoms. The van der Waals surface area contributed by atoms with Gasteiger partial charge in [-0.05, 0) is 42.5 Å². The number of anilines is 1. The Morgan fingerprint density at radius 2 is 1.79 bits per heavy atom. The van der Waals surface area contributed by atoms with Crippen LogP contribution in [0.15, 0.2) is 60.0 Å². The number of benzene rings is 2. The molecule has 1 heterocycles. The van der Waals surface area contributed by atoms with Gasteiger partial charge in [0.05, 0.1) is 22.4 Å². The number of hydrogen-bond donors (Lipinski definition) is 0. The average Bonchev–Trinajstić information content (AvgIpc) is 2.89. The summed E-state index contributed by atoms with van der Waals surface area (Å²) in [6.07, 6.45) is 1.45. The van der Waals surface area contributed by atoms with Gasteiger partial charge in [-0.25, -0.2) is 12.8 Å². The predicted octanol–water partition coefficient (Wildman–Crippen LogP) is 3.44. The maximum atomic E-state index is 13.2. The first-order valence-electron chi connectivity index (χ1n) is 7.12. The Hall–Kier alpha value is -2.18. The van der Waals surface area contributed by atoms with Crippen LogP contribution in [0.2, 0.25) is 5.02 Å². The molecule has 1 aliphatic heterocycles. The molecule has 1 atom stereocenters. The van der Waals surface area contributed by atoms with Gasteiger partial charge >= 0.3 is 0 Å². The third-order valence-electron chi connectivity index (χ3n) is 3.67. The fourth-order valence-electron chi connectivity index (χ4n) is 2.55. The van der Waals surface area contributed by atoms with Crippen LogP contribution in [-0.4, -0.2) is 26.1 Å². The van der Waals surface area contributed by atoms with E-state index in [0.717, 1.165) is 5.41 Å². The molecule has 0 fully saturated rings. The van der Waals surface area contributed by atoms with Crippen LogP contribution < -0.4 is 4.90 Å². The highest BCUT2D eigenvalue weighted by Crippen LogP contribution is 2.27. The van der Waals surface area contributed by atoms with E-state index in [1.54, 1.807) is 24.3 Å². The molecule has 2 aromatic carbocycles. The van der Waals surface area contributed by atoms with Crippen molar-refractivity contribution in [1.82, 2.24) is 0 Å². The Morgan fingerprint density at radius 3 is 2.38 bits per heavy atom. The number of sulfone groups is 1. The van der Waals surface area contributed by atoms with Gasteiger partial charge in [0, 0.05) is 11.1 Å². The first-order chi connectivity index (χ1) is 11.4. The van der Waals surface area contributed by atoms with Crippen LogP contribution in [0.5, 0.6) is 0 Å². The molecule has 0 N–H and O–H groups in total. The lowest BCUT2D eigenvalue weighted by Gasteiger charge is -2.28. The molecule has 0 unspecified atom stereocenters. The van der Waals surface area contributed by atoms with Crippen LogP contribution in [0.3, 0.4) is 0 Å². The third-order valence-corrected chi connectivity index (χ3v) is 5.38. The fourth-order valence-corrected chi connectivity index (χ4v) is 4.03. The normalized spacial score (nSPS) is 18.5. The van der Waals surface area contributed by atoms with Gasteiger partial charge in [-0.1, -0.05) is 23.7 Å². The van der Waals surface area contributed by atoms with Crippen molar-refractivity contribution in [2.24, 2.45) is 0 Å². The summed E-state index contributed by atoms with van der Waals surface area (Å²) in [5.41, 5.74) is 0.647. The summed E-state index contributed by atoms with van der Waals surface area (Å²) in [4.78, 5) is 14.3. The van der Waals surface area contributed by atoms with Gasteiger partial charge in [0.25, 0.3) is 5.91 Å². The van der Waals surface area contributed by atoms with E-state index in [-0.39, 0.29) is 16.3 Å². The lowest BCUT2D eigenvalue weighted by Crippen LogP contribution is -2.41. The van der Waals surface area contributed by atoms with Crippen molar-refractivity contribution in [3.8, 4) is 0 Å². The lowest BCUT2D eigenvalue weighted by atomic mass is 10.1. The van der Waals surface area contributed by atoms with E-state index in [0.29, 0.717) is 5.69 Å². The number of nitrogens with zero attached hydrogens (tertiary/aromatic N) is 1. The largest absolute Gasteiger partial charge is 0.300 e. The van der Waals surface area contributed by atoms with Crippen LogP contribution in [-0.2, 0) is 9.84 Å². The van der Waals surface area contributed by atoms with Crippen molar-refractivity contribution in [2.75, 3.05) is 10.7 Å². The second-order valence-electron chi connectivity index (χ2n) is 5.36. The summed E-state index contributed by atoms with van der Waals surface area (Å²) in [5, 5.41) is 1.35. The Morgan fingerprint density at radius 1 is 1.12 bits per heavy atom. The topological polar surface area (TPSA) is 54.5 Å². The maximum Gasteiger partial charge on any atom is 0.260 e. The zero-order valence-corrected chi connectivity index (χ0v) is 14.0. The van der Waals surface area contributed by atoms with E-state index in [4.69, 9.17) is 11.6 Å². The summed E-state index contributed by atoms with van der Waals surface area (Å²) in [6, 6.07) is 11.1. The molecule has 1 amide bonds. The minimum atomic E-state index is -3.36. The van der Waals surface area contributed by atoms with Crippen molar-refractivity contribution in [2.45, 2.75) is 6.04 Å². The molecule has 3 rings (SSSR count). The molecule has 0 radical (unpaired) electrons. The van der Waals surface area contributed by atoms with Gasteiger partial charge in [0.15, 0.2) is 9.84 Å². The third kappa shape index (κ3) is 3.34. The van der Waals surface area contributed by atoms with Crippen LogP contribution in [0, 0.1) is 5.82 Å². The molecule has 0 bridgehead atoms.